The zero-order chi connectivity index (χ0) is 33.0. The van der Waals surface area contributed by atoms with Gasteiger partial charge in [-0.1, -0.05) is 66.7 Å². The minimum absolute atomic E-state index is 0.253. The number of allylic oxidation sites excluding steroid dienone is 4. The summed E-state index contributed by atoms with van der Waals surface area (Å²) in [5.74, 6) is 0. The monoisotopic (exact) mass is 631 g/mol. The van der Waals surface area contributed by atoms with Crippen molar-refractivity contribution in [3.63, 3.8) is 0 Å². The predicted octanol–water partition coefficient (Wildman–Crippen LogP) is 9.39. The summed E-state index contributed by atoms with van der Waals surface area (Å²) in [4.78, 5) is 18.4. The van der Waals surface area contributed by atoms with Crippen molar-refractivity contribution in [3.8, 4) is 33.6 Å². The van der Waals surface area contributed by atoms with E-state index in [2.05, 4.69) is 70.0 Å². The highest BCUT2D eigenvalue weighted by atomic mass is 15.3. The van der Waals surface area contributed by atoms with Crippen LogP contribution in [0.2, 0.25) is 0 Å². The maximum absolute atomic E-state index is 9.27. The number of aromatic nitrogens is 4. The second kappa shape index (κ2) is 13.1. The molecule has 0 atom stereocenters. The van der Waals surface area contributed by atoms with Crippen molar-refractivity contribution in [2.45, 2.75) is 0 Å². The van der Waals surface area contributed by atoms with Crippen LogP contribution in [0.15, 0.2) is 169 Å². The molecule has 0 radical (unpaired) electrons. The van der Waals surface area contributed by atoms with Crippen LogP contribution >= 0.6 is 0 Å². The van der Waals surface area contributed by atoms with E-state index in [0.717, 1.165) is 45.0 Å². The maximum Gasteiger partial charge on any atom is 0.110 e. The highest BCUT2D eigenvalue weighted by Crippen LogP contribution is 2.31. The number of nitrogens with one attached hydrogen (secondary N) is 2. The summed E-state index contributed by atoms with van der Waals surface area (Å²) in [5, 5.41) is 16.4. The number of anilines is 1. The molecule has 232 valence electrons. The van der Waals surface area contributed by atoms with Gasteiger partial charge >= 0.3 is 0 Å². The number of hydrogen-bond donors (Lipinski definition) is 2. The van der Waals surface area contributed by atoms with Crippen LogP contribution in [0.5, 0.6) is 0 Å². The average Bonchev–Trinajstić information content (AvgIpc) is 3.18. The van der Waals surface area contributed by atoms with Crippen LogP contribution in [0.3, 0.4) is 0 Å². The standard InChI is InChI=1S/C42H29N7/c43-42-36(40-17-5-15-38(47-40)31-11-7-23-45-27-31)24-32(39-16-4-14-37(46-39)30-10-6-22-44-26-30)25-41(42)49-48-33-20-18-29(19-21-33)35-13-3-9-28-8-1-2-12-34(28)35/h1-27,43,48H. The summed E-state index contributed by atoms with van der Waals surface area (Å²) in [6, 6.07) is 42.4. The molecule has 1 aliphatic rings. The molecule has 3 aromatic carbocycles. The van der Waals surface area contributed by atoms with Gasteiger partial charge in [-0.15, -0.1) is 0 Å². The van der Waals surface area contributed by atoms with Crippen LogP contribution < -0.4 is 5.43 Å². The molecule has 1 aliphatic carbocycles. The Kier molecular flexibility index (Phi) is 7.89. The van der Waals surface area contributed by atoms with Crippen molar-refractivity contribution in [3.05, 3.63) is 176 Å². The second-order valence-corrected chi connectivity index (χ2v) is 11.5. The minimum Gasteiger partial charge on any atom is -0.298 e. The van der Waals surface area contributed by atoms with Crippen LogP contribution in [0, 0.1) is 5.41 Å². The van der Waals surface area contributed by atoms with Gasteiger partial charge in [0.2, 0.25) is 0 Å². The van der Waals surface area contributed by atoms with Gasteiger partial charge in [0.1, 0.15) is 5.71 Å². The fraction of sp³-hybridized carbons (Fsp3) is 0. The summed E-state index contributed by atoms with van der Waals surface area (Å²) in [7, 11) is 0. The van der Waals surface area contributed by atoms with Crippen LogP contribution in [-0.4, -0.2) is 31.4 Å². The largest absolute Gasteiger partial charge is 0.298 e. The van der Waals surface area contributed by atoms with Gasteiger partial charge in [-0.05, 0) is 94.7 Å². The summed E-state index contributed by atoms with van der Waals surface area (Å²) < 4.78 is 0. The summed E-state index contributed by atoms with van der Waals surface area (Å²) in [6.07, 6.45) is 10.9. The van der Waals surface area contributed by atoms with E-state index < -0.39 is 0 Å². The molecule has 0 aliphatic heterocycles. The lowest BCUT2D eigenvalue weighted by molar-refractivity contribution is 1.25. The lowest BCUT2D eigenvalue weighted by atomic mass is 9.91. The molecule has 0 fully saturated rings. The van der Waals surface area contributed by atoms with Crippen molar-refractivity contribution in [1.82, 2.24) is 19.9 Å². The molecule has 8 rings (SSSR count). The first-order chi connectivity index (χ1) is 24.2. The highest BCUT2D eigenvalue weighted by molar-refractivity contribution is 6.62. The SMILES string of the molecule is N=C1C(c2cccc(-c3cccnc3)n2)=CC(c2cccc(-c3cccnc3)n2)=CC1=NNc1ccc(-c2cccc3ccccc23)cc1. The molecule has 49 heavy (non-hydrogen) atoms. The fourth-order valence-electron chi connectivity index (χ4n) is 5.92. The Morgan fingerprint density at radius 1 is 0.531 bits per heavy atom. The van der Waals surface area contributed by atoms with Crippen LogP contribution in [0.25, 0.3) is 55.6 Å². The van der Waals surface area contributed by atoms with E-state index in [-0.39, 0.29) is 5.71 Å². The summed E-state index contributed by atoms with van der Waals surface area (Å²) >= 11 is 0. The Hall–Kier alpha value is -6.86. The van der Waals surface area contributed by atoms with Crippen molar-refractivity contribution >= 4 is 39.0 Å². The van der Waals surface area contributed by atoms with Gasteiger partial charge < -0.3 is 0 Å². The van der Waals surface area contributed by atoms with Crippen LogP contribution in [0.4, 0.5) is 5.69 Å². The molecule has 7 aromatic rings. The Morgan fingerprint density at radius 3 is 1.88 bits per heavy atom. The lowest BCUT2D eigenvalue weighted by Crippen LogP contribution is -2.19. The van der Waals surface area contributed by atoms with E-state index in [4.69, 9.17) is 15.1 Å². The zero-order valence-corrected chi connectivity index (χ0v) is 26.3. The predicted molar refractivity (Wildman–Crippen MR) is 199 cm³/mol. The zero-order valence-electron chi connectivity index (χ0n) is 26.3. The molecule has 4 heterocycles. The lowest BCUT2D eigenvalue weighted by Gasteiger charge is -2.18. The molecule has 2 N–H and O–H groups in total. The number of pyridine rings is 4. The molecule has 0 amide bonds. The molecule has 4 aromatic heterocycles. The number of hydrogen-bond acceptors (Lipinski definition) is 7. The van der Waals surface area contributed by atoms with E-state index in [1.54, 1.807) is 24.8 Å². The Labute approximate surface area is 283 Å². The maximum atomic E-state index is 9.27. The topological polar surface area (TPSA) is 99.8 Å². The van der Waals surface area contributed by atoms with E-state index in [1.807, 2.05) is 84.9 Å². The minimum atomic E-state index is 0.253. The third-order valence-corrected chi connectivity index (χ3v) is 8.39. The third kappa shape index (κ3) is 6.16. The molecule has 0 spiro atoms. The highest BCUT2D eigenvalue weighted by Gasteiger charge is 2.22. The van der Waals surface area contributed by atoms with Gasteiger partial charge in [0, 0.05) is 47.1 Å². The third-order valence-electron chi connectivity index (χ3n) is 8.39. The first-order valence-electron chi connectivity index (χ1n) is 15.9. The Morgan fingerprint density at radius 2 is 1.16 bits per heavy atom. The van der Waals surface area contributed by atoms with Gasteiger partial charge in [-0.3, -0.25) is 20.8 Å². The molecule has 0 saturated heterocycles. The Bertz CT molecular complexity index is 2410. The molecular weight excluding hydrogens is 603 g/mol. The average molecular weight is 632 g/mol. The molecule has 0 saturated carbocycles. The van der Waals surface area contributed by atoms with Gasteiger partial charge in [0.25, 0.3) is 0 Å². The van der Waals surface area contributed by atoms with Gasteiger partial charge in [0.15, 0.2) is 0 Å². The van der Waals surface area contributed by atoms with Crippen molar-refractivity contribution in [2.24, 2.45) is 5.10 Å². The summed E-state index contributed by atoms with van der Waals surface area (Å²) in [6.45, 7) is 0. The van der Waals surface area contributed by atoms with E-state index in [0.29, 0.717) is 17.0 Å². The fourth-order valence-corrected chi connectivity index (χ4v) is 5.92. The van der Waals surface area contributed by atoms with Crippen LogP contribution in [0.1, 0.15) is 11.4 Å². The molecule has 7 heteroatoms. The Balaban J connectivity index is 1.15. The first-order valence-corrected chi connectivity index (χ1v) is 15.9. The van der Waals surface area contributed by atoms with E-state index in [9.17, 15) is 5.41 Å². The number of hydrazone groups is 1. The van der Waals surface area contributed by atoms with Crippen molar-refractivity contribution in [1.29, 1.82) is 5.41 Å². The molecule has 7 nitrogen and oxygen atoms in total. The van der Waals surface area contributed by atoms with Gasteiger partial charge in [-0.2, -0.15) is 5.10 Å². The van der Waals surface area contributed by atoms with Gasteiger partial charge in [0.05, 0.1) is 34.2 Å². The second-order valence-electron chi connectivity index (χ2n) is 11.5. The van der Waals surface area contributed by atoms with Crippen LogP contribution in [-0.2, 0) is 0 Å². The number of benzene rings is 3. The number of fused-ring (bicyclic) bond motifs is 1. The van der Waals surface area contributed by atoms with Gasteiger partial charge in [-0.25, -0.2) is 9.97 Å². The van der Waals surface area contributed by atoms with Crippen molar-refractivity contribution < 1.29 is 0 Å². The number of nitrogens with zero attached hydrogens (tertiary/aromatic N) is 5. The molecule has 0 bridgehead atoms. The summed E-state index contributed by atoms with van der Waals surface area (Å²) in [5.41, 5.74) is 13.3. The number of rotatable bonds is 7. The van der Waals surface area contributed by atoms with E-state index in [1.165, 1.54) is 16.3 Å². The van der Waals surface area contributed by atoms with E-state index >= 15 is 0 Å². The first kappa shape index (κ1) is 29.5. The normalized spacial score (nSPS) is 13.6. The van der Waals surface area contributed by atoms with Crippen molar-refractivity contribution in [2.75, 3.05) is 5.43 Å². The smallest absolute Gasteiger partial charge is 0.110 e. The quantitative estimate of drug-likeness (QED) is 0.135. The molecular formula is C42H29N7. The molecule has 0 unspecified atom stereocenters.